The first-order valence-electron chi connectivity index (χ1n) is 15.3. The Bertz CT molecular complexity index is 1190. The molecule has 0 heterocycles. The standard InChI is InChI=1S/C33H49NO6/c1-28(2)22-9-12-33(7)24(31(22,5)11-10-23(28)34-25(36)26(37)40-8)21(35)17-19-20-18-30(4,27(38)39)14-13-29(20,3)15-16-32(19,33)6/h17,20,22-24H,9-16,18H2,1-8H3,(H,34,36)(H,38,39)/t20-,22-,23-,24+,29+,30-,31-,32+,33+/m0/s1. The summed E-state index contributed by atoms with van der Waals surface area (Å²) in [4.78, 5) is 51.1. The molecular formula is C33H49NO6. The Balaban J connectivity index is 1.53. The molecule has 0 aliphatic heterocycles. The molecule has 0 spiro atoms. The average Bonchev–Trinajstić information content (AvgIpc) is 2.87. The number of aliphatic carboxylic acids is 1. The summed E-state index contributed by atoms with van der Waals surface area (Å²) < 4.78 is 4.64. The smallest absolute Gasteiger partial charge is 0.396 e. The molecule has 4 fully saturated rings. The highest BCUT2D eigenvalue weighted by Crippen LogP contribution is 2.75. The maximum Gasteiger partial charge on any atom is 0.396 e. The summed E-state index contributed by atoms with van der Waals surface area (Å²) in [7, 11) is 1.22. The molecular weight excluding hydrogens is 506 g/mol. The molecule has 40 heavy (non-hydrogen) atoms. The van der Waals surface area contributed by atoms with Crippen LogP contribution in [0, 0.1) is 50.2 Å². The molecule has 7 heteroatoms. The van der Waals surface area contributed by atoms with Crippen molar-refractivity contribution < 1.29 is 29.0 Å². The van der Waals surface area contributed by atoms with Gasteiger partial charge in [0.1, 0.15) is 0 Å². The second kappa shape index (κ2) is 8.91. The zero-order valence-corrected chi connectivity index (χ0v) is 25.7. The molecule has 0 aromatic rings. The van der Waals surface area contributed by atoms with Gasteiger partial charge in [0, 0.05) is 12.0 Å². The summed E-state index contributed by atoms with van der Waals surface area (Å²) in [6.07, 6.45) is 9.61. The van der Waals surface area contributed by atoms with Crippen LogP contribution < -0.4 is 5.32 Å². The number of ketones is 1. The van der Waals surface area contributed by atoms with Crippen LogP contribution >= 0.6 is 0 Å². The van der Waals surface area contributed by atoms with E-state index >= 15 is 0 Å². The van der Waals surface area contributed by atoms with Crippen LogP contribution in [0.3, 0.4) is 0 Å². The minimum Gasteiger partial charge on any atom is -0.481 e. The topological polar surface area (TPSA) is 110 Å². The summed E-state index contributed by atoms with van der Waals surface area (Å²) >= 11 is 0. The van der Waals surface area contributed by atoms with Crippen LogP contribution in [0.1, 0.15) is 106 Å². The summed E-state index contributed by atoms with van der Waals surface area (Å²) in [6, 6.07) is -0.173. The van der Waals surface area contributed by atoms with Gasteiger partial charge in [0.05, 0.1) is 12.5 Å². The Morgan fingerprint density at radius 1 is 0.925 bits per heavy atom. The molecule has 9 atom stereocenters. The lowest BCUT2D eigenvalue weighted by molar-refractivity contribution is -0.190. The van der Waals surface area contributed by atoms with Crippen molar-refractivity contribution in [1.82, 2.24) is 5.32 Å². The largest absolute Gasteiger partial charge is 0.481 e. The normalized spacial score (nSPS) is 47.4. The number of carboxylic acid groups (broad SMARTS) is 1. The first kappa shape index (κ1) is 29.3. The third-order valence-electron chi connectivity index (χ3n) is 13.8. The summed E-state index contributed by atoms with van der Waals surface area (Å²) in [6.45, 7) is 15.6. The van der Waals surface area contributed by atoms with Crippen molar-refractivity contribution in [2.24, 2.45) is 50.2 Å². The van der Waals surface area contributed by atoms with Crippen LogP contribution in [-0.4, -0.2) is 41.9 Å². The van der Waals surface area contributed by atoms with Crippen LogP contribution in [0.5, 0.6) is 0 Å². The molecule has 0 radical (unpaired) electrons. The van der Waals surface area contributed by atoms with Crippen molar-refractivity contribution in [2.75, 3.05) is 7.11 Å². The van der Waals surface area contributed by atoms with Gasteiger partial charge in [0.15, 0.2) is 5.78 Å². The fourth-order valence-corrected chi connectivity index (χ4v) is 10.9. The summed E-state index contributed by atoms with van der Waals surface area (Å²) in [5.74, 6) is -1.92. The molecule has 0 saturated heterocycles. The number of carbonyl (C=O) groups excluding carboxylic acids is 3. The molecule has 2 N–H and O–H groups in total. The number of allylic oxidation sites excluding steroid dienone is 2. The molecule has 5 aliphatic carbocycles. The van der Waals surface area contributed by atoms with E-state index in [1.807, 2.05) is 13.0 Å². The Kier molecular flexibility index (Phi) is 6.53. The van der Waals surface area contributed by atoms with Gasteiger partial charge in [-0.05, 0) is 110 Å². The molecule has 222 valence electrons. The fraction of sp³-hybridized carbons (Fsp3) is 0.818. The number of hydrogen-bond acceptors (Lipinski definition) is 5. The quantitative estimate of drug-likeness (QED) is 0.334. The Morgan fingerprint density at radius 2 is 1.57 bits per heavy atom. The molecule has 5 rings (SSSR count). The number of ether oxygens (including phenoxy) is 1. The Morgan fingerprint density at radius 3 is 2.20 bits per heavy atom. The lowest BCUT2D eigenvalue weighted by Gasteiger charge is -2.70. The monoisotopic (exact) mass is 555 g/mol. The number of rotatable bonds is 2. The highest BCUT2D eigenvalue weighted by atomic mass is 16.5. The van der Waals surface area contributed by atoms with E-state index in [4.69, 9.17) is 0 Å². The number of carbonyl (C=O) groups is 4. The van der Waals surface area contributed by atoms with Crippen molar-refractivity contribution in [3.63, 3.8) is 0 Å². The van der Waals surface area contributed by atoms with Gasteiger partial charge in [-0.15, -0.1) is 0 Å². The number of methoxy groups -OCH3 is 1. The van der Waals surface area contributed by atoms with Crippen molar-refractivity contribution in [3.8, 4) is 0 Å². The highest BCUT2D eigenvalue weighted by Gasteiger charge is 2.70. The van der Waals surface area contributed by atoms with Gasteiger partial charge >= 0.3 is 17.8 Å². The number of hydrogen-bond donors (Lipinski definition) is 2. The van der Waals surface area contributed by atoms with Crippen molar-refractivity contribution >= 4 is 23.6 Å². The summed E-state index contributed by atoms with van der Waals surface area (Å²) in [5, 5.41) is 13.1. The van der Waals surface area contributed by atoms with Crippen molar-refractivity contribution in [1.29, 1.82) is 0 Å². The van der Waals surface area contributed by atoms with Crippen molar-refractivity contribution in [3.05, 3.63) is 11.6 Å². The second-order valence-electron chi connectivity index (χ2n) is 15.9. The van der Waals surface area contributed by atoms with Gasteiger partial charge < -0.3 is 15.2 Å². The van der Waals surface area contributed by atoms with Gasteiger partial charge in [-0.2, -0.15) is 0 Å². The van der Waals surface area contributed by atoms with E-state index in [9.17, 15) is 24.3 Å². The number of nitrogens with one attached hydrogen (secondary N) is 1. The van der Waals surface area contributed by atoms with E-state index in [-0.39, 0.29) is 56.7 Å². The molecule has 7 nitrogen and oxygen atoms in total. The van der Waals surface area contributed by atoms with Gasteiger partial charge in [0.25, 0.3) is 0 Å². The third-order valence-corrected chi connectivity index (χ3v) is 13.8. The van der Waals surface area contributed by atoms with E-state index in [0.29, 0.717) is 19.3 Å². The lowest BCUT2D eigenvalue weighted by Crippen LogP contribution is -2.68. The van der Waals surface area contributed by atoms with Crippen LogP contribution in [-0.2, 0) is 23.9 Å². The number of fused-ring (bicyclic) bond motifs is 7. The lowest BCUT2D eigenvalue weighted by atomic mass is 9.33. The van der Waals surface area contributed by atoms with E-state index in [1.165, 1.54) is 12.7 Å². The zero-order chi connectivity index (χ0) is 29.7. The number of carboxylic acids is 1. The molecule has 0 bridgehead atoms. The van der Waals surface area contributed by atoms with Gasteiger partial charge in [-0.1, -0.05) is 47.1 Å². The van der Waals surface area contributed by atoms with Gasteiger partial charge in [-0.25, -0.2) is 4.79 Å². The first-order chi connectivity index (χ1) is 18.4. The highest BCUT2D eigenvalue weighted by molar-refractivity contribution is 6.32. The fourth-order valence-electron chi connectivity index (χ4n) is 10.9. The summed E-state index contributed by atoms with van der Waals surface area (Å²) in [5.41, 5.74) is -0.448. The van der Waals surface area contributed by atoms with E-state index in [2.05, 4.69) is 51.6 Å². The third kappa shape index (κ3) is 3.74. The van der Waals surface area contributed by atoms with E-state index in [1.54, 1.807) is 0 Å². The molecule has 0 unspecified atom stereocenters. The van der Waals surface area contributed by atoms with Gasteiger partial charge in [-0.3, -0.25) is 14.4 Å². The Hall–Kier alpha value is -2.18. The van der Waals surface area contributed by atoms with E-state index in [0.717, 1.165) is 38.5 Å². The van der Waals surface area contributed by atoms with Crippen LogP contribution in [0.4, 0.5) is 0 Å². The van der Waals surface area contributed by atoms with Crippen molar-refractivity contribution in [2.45, 2.75) is 112 Å². The van der Waals surface area contributed by atoms with E-state index < -0.39 is 23.3 Å². The molecule has 4 saturated carbocycles. The SMILES string of the molecule is COC(=O)C(=O)N[C@H]1CC[C@]2(C)[C@H]3C(=O)C=C4[C@@H]5C[C@@](C)(C(=O)O)CC[C@]5(C)CC[C@@]4(C)[C@]3(C)CC[C@H]2C1(C)C. The van der Waals surface area contributed by atoms with Crippen LogP contribution in [0.2, 0.25) is 0 Å². The Labute approximate surface area is 239 Å². The second-order valence-corrected chi connectivity index (χ2v) is 15.9. The molecule has 1 amide bonds. The zero-order valence-electron chi connectivity index (χ0n) is 25.7. The maximum atomic E-state index is 14.4. The van der Waals surface area contributed by atoms with Crippen LogP contribution in [0.25, 0.3) is 0 Å². The minimum atomic E-state index is -0.876. The van der Waals surface area contributed by atoms with Gasteiger partial charge in [0.2, 0.25) is 0 Å². The van der Waals surface area contributed by atoms with Crippen LogP contribution in [0.15, 0.2) is 11.6 Å². The minimum absolute atomic E-state index is 0.0305. The predicted molar refractivity (Wildman–Crippen MR) is 151 cm³/mol. The molecule has 0 aromatic carbocycles. The predicted octanol–water partition coefficient (Wildman–Crippen LogP) is 5.71. The number of esters is 1. The first-order valence-corrected chi connectivity index (χ1v) is 15.3. The maximum absolute atomic E-state index is 14.4. The molecule has 5 aliphatic rings. The number of amides is 1. The molecule has 0 aromatic heterocycles. The average molecular weight is 556 g/mol.